The number of pyridine rings is 1. The van der Waals surface area contributed by atoms with Crippen LogP contribution in [0.15, 0.2) is 29.1 Å². The van der Waals surface area contributed by atoms with Crippen molar-refractivity contribution < 1.29 is 19.2 Å². The van der Waals surface area contributed by atoms with Crippen LogP contribution < -0.4 is 5.56 Å². The minimum atomic E-state index is -1.52. The largest absolute Gasteiger partial charge is 0.465 e. The van der Waals surface area contributed by atoms with Crippen molar-refractivity contribution in [3.63, 3.8) is 0 Å². The number of carbonyl (C=O) groups excluding carboxylic acids is 2. The van der Waals surface area contributed by atoms with Crippen LogP contribution >= 0.6 is 0 Å². The Bertz CT molecular complexity index is 899. The van der Waals surface area contributed by atoms with E-state index in [0.29, 0.717) is 10.9 Å². The number of aromatic nitrogens is 1. The number of fused-ring (bicyclic) bond motifs is 1. The summed E-state index contributed by atoms with van der Waals surface area (Å²) in [6.45, 7) is 2.71. The van der Waals surface area contributed by atoms with Gasteiger partial charge in [0.05, 0.1) is 22.6 Å². The number of ketones is 1. The lowest BCUT2D eigenvalue weighted by Crippen LogP contribution is -2.29. The van der Waals surface area contributed by atoms with Crippen molar-refractivity contribution in [2.45, 2.75) is 19.8 Å². The third-order valence-electron chi connectivity index (χ3n) is 3.72. The van der Waals surface area contributed by atoms with Crippen LogP contribution in [-0.4, -0.2) is 27.8 Å². The fourth-order valence-electron chi connectivity index (χ4n) is 2.69. The maximum Gasteiger partial charge on any atom is 0.339 e. The molecule has 0 aliphatic carbocycles. The maximum atomic E-state index is 12.4. The summed E-state index contributed by atoms with van der Waals surface area (Å²) in [6, 6.07) is 6.39. The number of ether oxygens (including phenoxy) is 1. The summed E-state index contributed by atoms with van der Waals surface area (Å²) >= 11 is 0. The average Bonchev–Trinajstić information content (AvgIpc) is 2.52. The first-order valence-electron chi connectivity index (χ1n) is 7.24. The van der Waals surface area contributed by atoms with Gasteiger partial charge in [0.15, 0.2) is 0 Å². The van der Waals surface area contributed by atoms with E-state index in [9.17, 15) is 24.5 Å². The Labute approximate surface area is 136 Å². The summed E-state index contributed by atoms with van der Waals surface area (Å²) in [5, 5.41) is 11.8. The first-order valence-corrected chi connectivity index (χ1v) is 7.24. The Hall–Kier alpha value is -3.03. The van der Waals surface area contributed by atoms with E-state index in [1.165, 1.54) is 13.1 Å². The van der Waals surface area contributed by atoms with Crippen molar-refractivity contribution in [1.29, 1.82) is 0 Å². The molecular formula is C16H16N2O6. The third kappa shape index (κ3) is 2.78. The van der Waals surface area contributed by atoms with Crippen LogP contribution in [0.5, 0.6) is 0 Å². The lowest BCUT2D eigenvalue weighted by atomic mass is 9.91. The van der Waals surface area contributed by atoms with E-state index in [0.717, 1.165) is 11.5 Å². The molecule has 1 unspecified atom stereocenters. The van der Waals surface area contributed by atoms with Crippen LogP contribution in [0.4, 0.5) is 5.69 Å². The molecule has 8 nitrogen and oxygen atoms in total. The van der Waals surface area contributed by atoms with Gasteiger partial charge in [-0.1, -0.05) is 18.2 Å². The van der Waals surface area contributed by atoms with Gasteiger partial charge in [-0.05, 0) is 19.9 Å². The predicted molar refractivity (Wildman–Crippen MR) is 85.9 cm³/mol. The van der Waals surface area contributed by atoms with E-state index in [2.05, 4.69) is 0 Å². The summed E-state index contributed by atoms with van der Waals surface area (Å²) in [6.07, 6.45) is 0. The molecule has 1 aromatic carbocycles. The number of benzene rings is 1. The van der Waals surface area contributed by atoms with E-state index in [4.69, 9.17) is 4.74 Å². The van der Waals surface area contributed by atoms with Crippen molar-refractivity contribution in [2.24, 2.45) is 7.05 Å². The summed E-state index contributed by atoms with van der Waals surface area (Å²) < 4.78 is 6.01. The van der Waals surface area contributed by atoms with Gasteiger partial charge >= 0.3 is 17.2 Å². The highest BCUT2D eigenvalue weighted by molar-refractivity contribution is 6.07. The lowest BCUT2D eigenvalue weighted by Gasteiger charge is -2.16. The molecule has 0 aliphatic heterocycles. The van der Waals surface area contributed by atoms with Gasteiger partial charge in [-0.3, -0.25) is 24.5 Å². The second kappa shape index (κ2) is 6.61. The molecule has 0 spiro atoms. The summed E-state index contributed by atoms with van der Waals surface area (Å²) in [5.74, 6) is -3.06. The van der Waals surface area contributed by atoms with Gasteiger partial charge in [0.25, 0.3) is 0 Å². The number of nitrogens with zero attached hydrogens (tertiary/aromatic N) is 2. The fraction of sp³-hybridized carbons (Fsp3) is 0.312. The van der Waals surface area contributed by atoms with Gasteiger partial charge in [-0.15, -0.1) is 0 Å². The van der Waals surface area contributed by atoms with Crippen molar-refractivity contribution in [2.75, 3.05) is 6.61 Å². The molecule has 0 fully saturated rings. The first kappa shape index (κ1) is 17.3. The van der Waals surface area contributed by atoms with Crippen LogP contribution in [0.2, 0.25) is 0 Å². The van der Waals surface area contributed by atoms with Gasteiger partial charge < -0.3 is 9.30 Å². The fourth-order valence-corrected chi connectivity index (χ4v) is 2.69. The van der Waals surface area contributed by atoms with Crippen LogP contribution in [0.25, 0.3) is 10.9 Å². The smallest absolute Gasteiger partial charge is 0.339 e. The van der Waals surface area contributed by atoms with Crippen molar-refractivity contribution in [3.8, 4) is 0 Å². The minimum Gasteiger partial charge on any atom is -0.465 e. The molecule has 0 aliphatic rings. The summed E-state index contributed by atoms with van der Waals surface area (Å²) in [5.41, 5.74) is -1.50. The SMILES string of the molecule is CCOC(=O)C(C(C)=O)c1c([N+](=O)[O-])c(=O)n(C)c2ccccc12. The molecule has 1 aromatic heterocycles. The quantitative estimate of drug-likeness (QED) is 0.357. The van der Waals surface area contributed by atoms with E-state index in [1.807, 2.05) is 0 Å². The van der Waals surface area contributed by atoms with Crippen LogP contribution in [-0.2, 0) is 21.4 Å². The molecule has 1 heterocycles. The molecule has 1 atom stereocenters. The Balaban J connectivity index is 2.99. The summed E-state index contributed by atoms with van der Waals surface area (Å²) in [7, 11) is 1.40. The van der Waals surface area contributed by atoms with Crippen molar-refractivity contribution >= 4 is 28.3 Å². The average molecular weight is 332 g/mol. The van der Waals surface area contributed by atoms with E-state index in [-0.39, 0.29) is 12.2 Å². The van der Waals surface area contributed by atoms with Gasteiger partial charge in [-0.25, -0.2) is 0 Å². The van der Waals surface area contributed by atoms with Crippen molar-refractivity contribution in [3.05, 3.63) is 50.3 Å². The summed E-state index contributed by atoms with van der Waals surface area (Å²) in [4.78, 5) is 47.3. The van der Waals surface area contributed by atoms with E-state index < -0.39 is 33.8 Å². The van der Waals surface area contributed by atoms with Gasteiger partial charge in [0.2, 0.25) is 0 Å². The Morgan fingerprint density at radius 3 is 2.50 bits per heavy atom. The predicted octanol–water partition coefficient (Wildman–Crippen LogP) is 1.68. The zero-order chi connectivity index (χ0) is 18.0. The van der Waals surface area contributed by atoms with E-state index in [1.54, 1.807) is 25.1 Å². The van der Waals surface area contributed by atoms with Crippen LogP contribution in [0.1, 0.15) is 25.3 Å². The molecular weight excluding hydrogens is 316 g/mol. The van der Waals surface area contributed by atoms with Crippen molar-refractivity contribution in [1.82, 2.24) is 4.57 Å². The molecule has 0 amide bonds. The highest BCUT2D eigenvalue weighted by atomic mass is 16.6. The van der Waals surface area contributed by atoms with Crippen LogP contribution in [0.3, 0.4) is 0 Å². The lowest BCUT2D eigenvalue weighted by molar-refractivity contribution is -0.387. The van der Waals surface area contributed by atoms with Gasteiger partial charge in [-0.2, -0.15) is 0 Å². The topological polar surface area (TPSA) is 109 Å². The highest BCUT2D eigenvalue weighted by Gasteiger charge is 2.37. The monoisotopic (exact) mass is 332 g/mol. The second-order valence-corrected chi connectivity index (χ2v) is 5.20. The number of carbonyl (C=O) groups is 2. The normalized spacial score (nSPS) is 12.0. The molecule has 24 heavy (non-hydrogen) atoms. The number of esters is 1. The zero-order valence-electron chi connectivity index (χ0n) is 13.4. The number of Topliss-reactive ketones (excluding diaryl/α,β-unsaturated/α-hetero) is 1. The number of hydrogen-bond donors (Lipinski definition) is 0. The number of hydrogen-bond acceptors (Lipinski definition) is 6. The molecule has 0 saturated heterocycles. The Morgan fingerprint density at radius 1 is 1.33 bits per heavy atom. The van der Waals surface area contributed by atoms with Crippen LogP contribution in [0, 0.1) is 10.1 Å². The zero-order valence-corrected chi connectivity index (χ0v) is 13.4. The Kier molecular flexibility index (Phi) is 4.77. The first-order chi connectivity index (χ1) is 11.3. The molecule has 0 N–H and O–H groups in total. The molecule has 126 valence electrons. The maximum absolute atomic E-state index is 12.4. The third-order valence-corrected chi connectivity index (χ3v) is 3.72. The second-order valence-electron chi connectivity index (χ2n) is 5.20. The number of nitro groups is 1. The standard InChI is InChI=1S/C16H16N2O6/c1-4-24-16(21)12(9(2)19)13-10-7-5-6-8-11(10)17(3)15(20)14(13)18(22)23/h5-8,12H,4H2,1-3H3. The molecule has 0 radical (unpaired) electrons. The molecule has 8 heteroatoms. The number of rotatable bonds is 5. The molecule has 2 rings (SSSR count). The number of para-hydroxylation sites is 1. The Morgan fingerprint density at radius 2 is 1.96 bits per heavy atom. The van der Waals surface area contributed by atoms with Gasteiger partial charge in [0.1, 0.15) is 11.7 Å². The van der Waals surface area contributed by atoms with E-state index >= 15 is 0 Å². The highest BCUT2D eigenvalue weighted by Crippen LogP contribution is 2.32. The molecule has 0 saturated carbocycles. The van der Waals surface area contributed by atoms with Gasteiger partial charge in [0, 0.05) is 12.4 Å². The minimum absolute atomic E-state index is 0.0131. The molecule has 2 aromatic rings. The number of aryl methyl sites for hydroxylation is 1. The molecule has 0 bridgehead atoms.